The second-order valence-corrected chi connectivity index (χ2v) is 6.08. The molecular weight excluding hydrogens is 318 g/mol. The van der Waals surface area contributed by atoms with Gasteiger partial charge in [-0.05, 0) is 26.0 Å². The summed E-state index contributed by atoms with van der Waals surface area (Å²) in [5.74, 6) is -2.89. The zero-order chi connectivity index (χ0) is 16.3. The lowest BCUT2D eigenvalue weighted by molar-refractivity contribution is -0.138. The van der Waals surface area contributed by atoms with Gasteiger partial charge in [0.25, 0.3) is 0 Å². The molecule has 0 aliphatic rings. The van der Waals surface area contributed by atoms with Crippen LogP contribution >= 0.6 is 7.60 Å². The van der Waals surface area contributed by atoms with Crippen LogP contribution in [0.3, 0.4) is 0 Å². The minimum absolute atomic E-state index is 0.0266. The van der Waals surface area contributed by atoms with Gasteiger partial charge >= 0.3 is 13.8 Å². The predicted octanol–water partition coefficient (Wildman–Crippen LogP) is 4.75. The normalized spacial score (nSPS) is 12.7. The Hall–Kier alpha value is -0.980. The molecule has 1 rings (SSSR count). The van der Waals surface area contributed by atoms with E-state index >= 15 is 0 Å². The van der Waals surface area contributed by atoms with Gasteiger partial charge in [0.05, 0.1) is 24.9 Å². The summed E-state index contributed by atoms with van der Waals surface area (Å²) in [6.45, 7) is 2.96. The maximum Gasteiger partial charge on any atom is 0.416 e. The lowest BCUT2D eigenvalue weighted by Gasteiger charge is -2.18. The number of halogens is 5. The Morgan fingerprint density at radius 3 is 1.81 bits per heavy atom. The standard InChI is InChI=1S/C12H14F5O3P/c1-3-19-21(18,20-4-2)7-9-10(13)5-8(6-11(9)14)12(15,16)17/h5-6H,3-4,7H2,1-2H3. The summed E-state index contributed by atoms with van der Waals surface area (Å²) in [5, 5.41) is 0. The maximum atomic E-state index is 13.7. The summed E-state index contributed by atoms with van der Waals surface area (Å²) in [6, 6.07) is 0.307. The van der Waals surface area contributed by atoms with Crippen molar-refractivity contribution in [3.63, 3.8) is 0 Å². The molecule has 0 saturated carbocycles. The first-order valence-electron chi connectivity index (χ1n) is 6.06. The molecule has 0 aliphatic heterocycles. The quantitative estimate of drug-likeness (QED) is 0.557. The largest absolute Gasteiger partial charge is 0.416 e. The van der Waals surface area contributed by atoms with Crippen LogP contribution < -0.4 is 0 Å². The molecular formula is C12H14F5O3P. The molecule has 0 amide bonds. The third kappa shape index (κ3) is 4.76. The highest BCUT2D eigenvalue weighted by Gasteiger charge is 2.34. The average molecular weight is 332 g/mol. The number of rotatable bonds is 6. The Morgan fingerprint density at radius 1 is 1.05 bits per heavy atom. The predicted molar refractivity (Wildman–Crippen MR) is 65.9 cm³/mol. The number of hydrogen-bond acceptors (Lipinski definition) is 3. The second-order valence-electron chi connectivity index (χ2n) is 4.02. The lowest BCUT2D eigenvalue weighted by atomic mass is 10.1. The molecule has 0 unspecified atom stereocenters. The van der Waals surface area contributed by atoms with E-state index in [0.29, 0.717) is 0 Å². The van der Waals surface area contributed by atoms with Gasteiger partial charge in [0.2, 0.25) is 0 Å². The van der Waals surface area contributed by atoms with E-state index in [1.807, 2.05) is 0 Å². The summed E-state index contributed by atoms with van der Waals surface area (Å²) in [6.07, 6.45) is -5.64. The Morgan fingerprint density at radius 2 is 1.48 bits per heavy atom. The average Bonchev–Trinajstić information content (AvgIpc) is 2.33. The molecule has 120 valence electrons. The van der Waals surface area contributed by atoms with Crippen LogP contribution in [0.15, 0.2) is 12.1 Å². The highest BCUT2D eigenvalue weighted by molar-refractivity contribution is 7.53. The van der Waals surface area contributed by atoms with Crippen LogP contribution in [0.25, 0.3) is 0 Å². The topological polar surface area (TPSA) is 35.5 Å². The van der Waals surface area contributed by atoms with Gasteiger partial charge in [-0.3, -0.25) is 4.57 Å². The molecule has 1 aromatic carbocycles. The summed E-state index contributed by atoms with van der Waals surface area (Å²) in [7, 11) is -3.81. The number of alkyl halides is 3. The van der Waals surface area contributed by atoms with E-state index in [4.69, 9.17) is 9.05 Å². The van der Waals surface area contributed by atoms with Gasteiger partial charge in [-0.15, -0.1) is 0 Å². The van der Waals surface area contributed by atoms with Crippen molar-refractivity contribution < 1.29 is 35.6 Å². The fourth-order valence-corrected chi connectivity index (χ4v) is 3.37. The van der Waals surface area contributed by atoms with E-state index in [-0.39, 0.29) is 25.3 Å². The van der Waals surface area contributed by atoms with Crippen LogP contribution in [0.4, 0.5) is 22.0 Å². The number of benzene rings is 1. The molecule has 0 fully saturated rings. The summed E-state index contributed by atoms with van der Waals surface area (Å²) < 4.78 is 86.5. The molecule has 0 heterocycles. The Kier molecular flexibility index (Phi) is 5.90. The second kappa shape index (κ2) is 6.85. The van der Waals surface area contributed by atoms with Crippen molar-refractivity contribution in [2.24, 2.45) is 0 Å². The van der Waals surface area contributed by atoms with Crippen molar-refractivity contribution in [3.05, 3.63) is 34.9 Å². The first-order valence-corrected chi connectivity index (χ1v) is 7.79. The van der Waals surface area contributed by atoms with Crippen LogP contribution in [0, 0.1) is 11.6 Å². The van der Waals surface area contributed by atoms with Gasteiger partial charge in [-0.1, -0.05) is 0 Å². The van der Waals surface area contributed by atoms with Gasteiger partial charge in [0.1, 0.15) is 11.6 Å². The highest BCUT2D eigenvalue weighted by Crippen LogP contribution is 2.52. The molecule has 0 radical (unpaired) electrons. The smallest absolute Gasteiger partial charge is 0.309 e. The molecule has 0 aromatic heterocycles. The van der Waals surface area contributed by atoms with Crippen molar-refractivity contribution in [3.8, 4) is 0 Å². The minimum atomic E-state index is -4.87. The molecule has 0 bridgehead atoms. The highest BCUT2D eigenvalue weighted by atomic mass is 31.2. The van der Waals surface area contributed by atoms with Crippen LogP contribution in [-0.4, -0.2) is 13.2 Å². The van der Waals surface area contributed by atoms with Crippen molar-refractivity contribution in [2.45, 2.75) is 26.2 Å². The SMILES string of the molecule is CCOP(=O)(Cc1c(F)cc(C(F)(F)F)cc1F)OCC. The molecule has 21 heavy (non-hydrogen) atoms. The molecule has 0 spiro atoms. The Labute approximate surface area is 118 Å². The molecule has 9 heteroatoms. The molecule has 0 N–H and O–H groups in total. The molecule has 3 nitrogen and oxygen atoms in total. The van der Waals surface area contributed by atoms with Gasteiger partial charge in [0, 0.05) is 5.56 Å². The minimum Gasteiger partial charge on any atom is -0.309 e. The van der Waals surface area contributed by atoms with Crippen molar-refractivity contribution in [1.29, 1.82) is 0 Å². The summed E-state index contributed by atoms with van der Waals surface area (Å²) >= 11 is 0. The van der Waals surface area contributed by atoms with Crippen LogP contribution in [-0.2, 0) is 26.0 Å². The van der Waals surface area contributed by atoms with Crippen molar-refractivity contribution >= 4 is 7.60 Å². The molecule has 0 atom stereocenters. The van der Waals surface area contributed by atoms with E-state index in [9.17, 15) is 26.5 Å². The first-order chi connectivity index (χ1) is 9.63. The number of hydrogen-bond donors (Lipinski definition) is 0. The zero-order valence-electron chi connectivity index (χ0n) is 11.3. The van der Waals surface area contributed by atoms with Crippen molar-refractivity contribution in [1.82, 2.24) is 0 Å². The zero-order valence-corrected chi connectivity index (χ0v) is 12.2. The molecule has 0 saturated heterocycles. The molecule has 1 aromatic rings. The summed E-state index contributed by atoms with van der Waals surface area (Å²) in [5.41, 5.74) is -2.21. The van der Waals surface area contributed by atoms with Crippen LogP contribution in [0.5, 0.6) is 0 Å². The van der Waals surface area contributed by atoms with Gasteiger partial charge < -0.3 is 9.05 Å². The van der Waals surface area contributed by atoms with E-state index in [1.54, 1.807) is 0 Å². The monoisotopic (exact) mass is 332 g/mol. The van der Waals surface area contributed by atoms with Gasteiger partial charge in [0.15, 0.2) is 0 Å². The fourth-order valence-electron chi connectivity index (χ4n) is 1.63. The van der Waals surface area contributed by atoms with Crippen molar-refractivity contribution in [2.75, 3.05) is 13.2 Å². The molecule has 0 aliphatic carbocycles. The van der Waals surface area contributed by atoms with E-state index in [0.717, 1.165) is 0 Å². The third-order valence-corrected chi connectivity index (χ3v) is 4.48. The van der Waals surface area contributed by atoms with E-state index in [2.05, 4.69) is 0 Å². The van der Waals surface area contributed by atoms with E-state index < -0.39 is 42.7 Å². The third-order valence-electron chi connectivity index (χ3n) is 2.47. The lowest BCUT2D eigenvalue weighted by Crippen LogP contribution is -2.09. The van der Waals surface area contributed by atoms with Crippen LogP contribution in [0.1, 0.15) is 25.0 Å². The maximum absolute atomic E-state index is 13.7. The Balaban J connectivity index is 3.17. The Bertz CT molecular complexity index is 511. The fraction of sp³-hybridized carbons (Fsp3) is 0.500. The summed E-state index contributed by atoms with van der Waals surface area (Å²) in [4.78, 5) is 0. The van der Waals surface area contributed by atoms with E-state index in [1.165, 1.54) is 13.8 Å². The van der Waals surface area contributed by atoms with Crippen LogP contribution in [0.2, 0.25) is 0 Å². The van der Waals surface area contributed by atoms with Gasteiger partial charge in [-0.25, -0.2) is 8.78 Å². The van der Waals surface area contributed by atoms with Gasteiger partial charge in [-0.2, -0.15) is 13.2 Å². The first kappa shape index (κ1) is 18.1.